The minimum atomic E-state index is -1.55. The van der Waals surface area contributed by atoms with E-state index in [4.69, 9.17) is 9.47 Å². The van der Waals surface area contributed by atoms with E-state index in [0.29, 0.717) is 12.8 Å². The summed E-state index contributed by atoms with van der Waals surface area (Å²) in [5.74, 6) is -0.140. The summed E-state index contributed by atoms with van der Waals surface area (Å²) in [6, 6.07) is -0.711. The fourth-order valence-corrected chi connectivity index (χ4v) is 7.69. The molecule has 0 bridgehead atoms. The summed E-state index contributed by atoms with van der Waals surface area (Å²) in [6.45, 7) is 3.85. The first kappa shape index (κ1) is 51.2. The number of nitrogens with one attached hydrogen (secondary N) is 1. The van der Waals surface area contributed by atoms with Gasteiger partial charge in [-0.2, -0.15) is 0 Å². The predicted molar refractivity (Wildman–Crippen MR) is 221 cm³/mol. The van der Waals surface area contributed by atoms with Crippen molar-refractivity contribution in [3.8, 4) is 0 Å². The van der Waals surface area contributed by atoms with Gasteiger partial charge >= 0.3 is 0 Å². The molecule has 6 N–H and O–H groups in total. The van der Waals surface area contributed by atoms with Crippen LogP contribution in [0, 0.1) is 0 Å². The molecule has 7 unspecified atom stereocenters. The van der Waals surface area contributed by atoms with Gasteiger partial charge in [0.15, 0.2) is 6.29 Å². The fourth-order valence-electron chi connectivity index (χ4n) is 7.69. The van der Waals surface area contributed by atoms with Crippen LogP contribution in [0.1, 0.15) is 226 Å². The number of aliphatic hydroxyl groups excluding tert-OH is 5. The van der Waals surface area contributed by atoms with Crippen LogP contribution in [-0.4, -0.2) is 87.5 Å². The van der Waals surface area contributed by atoms with Crippen molar-refractivity contribution in [2.45, 2.75) is 269 Å². The van der Waals surface area contributed by atoms with Crippen LogP contribution in [0.3, 0.4) is 0 Å². The van der Waals surface area contributed by atoms with Crippen LogP contribution in [0.4, 0.5) is 0 Å². The Morgan fingerprint density at radius 2 is 0.926 bits per heavy atom. The molecule has 0 aromatic heterocycles. The van der Waals surface area contributed by atoms with Gasteiger partial charge in [0.2, 0.25) is 5.91 Å². The molecule has 1 aliphatic heterocycles. The van der Waals surface area contributed by atoms with E-state index in [-0.39, 0.29) is 12.5 Å². The molecule has 0 saturated carbocycles. The Kier molecular flexibility index (Phi) is 34.6. The molecule has 1 fully saturated rings. The molecule has 1 rings (SSSR count). The lowest BCUT2D eigenvalue weighted by molar-refractivity contribution is -0.302. The maximum Gasteiger partial charge on any atom is 0.220 e. The summed E-state index contributed by atoms with van der Waals surface area (Å²) < 4.78 is 11.3. The van der Waals surface area contributed by atoms with Crippen LogP contribution < -0.4 is 5.32 Å². The van der Waals surface area contributed by atoms with Gasteiger partial charge in [0.25, 0.3) is 0 Å². The number of carbonyl (C=O) groups excluding carboxylic acids is 1. The van der Waals surface area contributed by atoms with E-state index in [9.17, 15) is 30.3 Å². The molecule has 1 amide bonds. The van der Waals surface area contributed by atoms with Crippen molar-refractivity contribution < 1.29 is 39.8 Å². The molecule has 1 saturated heterocycles. The summed E-state index contributed by atoms with van der Waals surface area (Å²) in [6.07, 6.45) is 32.4. The van der Waals surface area contributed by atoms with E-state index in [0.717, 1.165) is 38.5 Å². The van der Waals surface area contributed by atoms with Crippen LogP contribution in [-0.2, 0) is 14.3 Å². The molecule has 0 spiro atoms. The van der Waals surface area contributed by atoms with Gasteiger partial charge in [-0.05, 0) is 12.8 Å². The van der Waals surface area contributed by atoms with Crippen molar-refractivity contribution in [2.75, 3.05) is 13.2 Å². The topological polar surface area (TPSA) is 149 Å². The van der Waals surface area contributed by atoms with E-state index in [1.165, 1.54) is 161 Å². The van der Waals surface area contributed by atoms with Crippen molar-refractivity contribution in [2.24, 2.45) is 0 Å². The quantitative estimate of drug-likeness (QED) is 0.0339. The van der Waals surface area contributed by atoms with Gasteiger partial charge in [-0.25, -0.2) is 0 Å². The lowest BCUT2D eigenvalue weighted by Crippen LogP contribution is -2.60. The molecule has 9 nitrogen and oxygen atoms in total. The Hall–Kier alpha value is -0.810. The first-order valence-corrected chi connectivity index (χ1v) is 23.2. The van der Waals surface area contributed by atoms with Crippen molar-refractivity contribution in [3.63, 3.8) is 0 Å². The number of aliphatic hydroxyl groups is 5. The highest BCUT2D eigenvalue weighted by Crippen LogP contribution is 2.23. The molecule has 322 valence electrons. The van der Waals surface area contributed by atoms with Crippen molar-refractivity contribution in [1.82, 2.24) is 5.32 Å². The molecular weight excluding hydrogens is 682 g/mol. The molecule has 7 atom stereocenters. The average Bonchev–Trinajstić information content (AvgIpc) is 3.17. The highest BCUT2D eigenvalue weighted by atomic mass is 16.7. The maximum atomic E-state index is 13.0. The van der Waals surface area contributed by atoms with E-state index in [2.05, 4.69) is 19.2 Å². The predicted octanol–water partition coefficient (Wildman–Crippen LogP) is 9.56. The number of hydrogen-bond donors (Lipinski definition) is 6. The molecule has 0 aliphatic carbocycles. The number of ether oxygens (including phenoxy) is 2. The SMILES string of the molecule is CCCCCCCCCCCCCCCCCCC(=O)NC(COC1OC(CO)C(O)C(O)C1O)C(O)CCCCCCCCCCCCCCCCC. The Labute approximate surface area is 332 Å². The Balaban J connectivity index is 2.31. The third kappa shape index (κ3) is 26.9. The van der Waals surface area contributed by atoms with Gasteiger partial charge in [-0.3, -0.25) is 4.79 Å². The van der Waals surface area contributed by atoms with Gasteiger partial charge in [-0.1, -0.05) is 206 Å². The minimum Gasteiger partial charge on any atom is -0.394 e. The van der Waals surface area contributed by atoms with Crippen LogP contribution in [0.5, 0.6) is 0 Å². The van der Waals surface area contributed by atoms with Crippen LogP contribution in [0.25, 0.3) is 0 Å². The number of rotatable bonds is 39. The zero-order valence-electron chi connectivity index (χ0n) is 35.3. The lowest BCUT2D eigenvalue weighted by atomic mass is 9.99. The second kappa shape index (κ2) is 36.5. The number of carbonyl (C=O) groups is 1. The molecule has 1 heterocycles. The smallest absolute Gasteiger partial charge is 0.220 e. The highest BCUT2D eigenvalue weighted by molar-refractivity contribution is 5.76. The van der Waals surface area contributed by atoms with Crippen LogP contribution in [0.2, 0.25) is 0 Å². The molecular formula is C45H89NO8. The largest absolute Gasteiger partial charge is 0.394 e. The van der Waals surface area contributed by atoms with Crippen molar-refractivity contribution >= 4 is 5.91 Å². The second-order valence-corrected chi connectivity index (χ2v) is 16.6. The summed E-state index contributed by atoms with van der Waals surface area (Å²) in [4.78, 5) is 13.0. The van der Waals surface area contributed by atoms with E-state index < -0.39 is 49.5 Å². The molecule has 0 aromatic rings. The van der Waals surface area contributed by atoms with Crippen LogP contribution in [0.15, 0.2) is 0 Å². The summed E-state index contributed by atoms with van der Waals surface area (Å²) in [5, 5.41) is 54.3. The summed E-state index contributed by atoms with van der Waals surface area (Å²) in [5.41, 5.74) is 0. The Bertz CT molecular complexity index is 817. The zero-order valence-corrected chi connectivity index (χ0v) is 35.3. The van der Waals surface area contributed by atoms with Gasteiger partial charge in [0.05, 0.1) is 25.4 Å². The van der Waals surface area contributed by atoms with Gasteiger partial charge in [0.1, 0.15) is 24.4 Å². The standard InChI is InChI=1S/C45H89NO8/c1-3-5-7-9-11-13-15-17-19-21-23-25-27-29-31-33-35-41(49)46-38(37-53-45-44(52)43(51)42(50)40(36-47)54-45)39(48)34-32-30-28-26-24-22-20-18-16-14-12-10-8-6-4-2/h38-40,42-45,47-48,50-52H,3-37H2,1-2H3,(H,46,49). The Morgan fingerprint density at radius 1 is 0.556 bits per heavy atom. The zero-order chi connectivity index (χ0) is 39.5. The van der Waals surface area contributed by atoms with Gasteiger partial charge < -0.3 is 40.3 Å². The van der Waals surface area contributed by atoms with E-state index in [1.54, 1.807) is 0 Å². The monoisotopic (exact) mass is 772 g/mol. The molecule has 54 heavy (non-hydrogen) atoms. The number of amides is 1. The first-order valence-electron chi connectivity index (χ1n) is 23.2. The van der Waals surface area contributed by atoms with E-state index >= 15 is 0 Å². The summed E-state index contributed by atoms with van der Waals surface area (Å²) >= 11 is 0. The van der Waals surface area contributed by atoms with Gasteiger partial charge in [-0.15, -0.1) is 0 Å². The van der Waals surface area contributed by atoms with E-state index in [1.807, 2.05) is 0 Å². The fraction of sp³-hybridized carbons (Fsp3) is 0.978. The van der Waals surface area contributed by atoms with Gasteiger partial charge in [0, 0.05) is 6.42 Å². The third-order valence-electron chi connectivity index (χ3n) is 11.5. The average molecular weight is 772 g/mol. The highest BCUT2D eigenvalue weighted by Gasteiger charge is 2.44. The van der Waals surface area contributed by atoms with Crippen LogP contribution >= 0.6 is 0 Å². The molecule has 1 aliphatic rings. The Morgan fingerprint density at radius 3 is 1.31 bits per heavy atom. The summed E-state index contributed by atoms with van der Waals surface area (Å²) in [7, 11) is 0. The lowest BCUT2D eigenvalue weighted by Gasteiger charge is -2.40. The third-order valence-corrected chi connectivity index (χ3v) is 11.5. The number of unbranched alkanes of at least 4 members (excludes halogenated alkanes) is 29. The molecule has 0 aromatic carbocycles. The second-order valence-electron chi connectivity index (χ2n) is 16.6. The van der Waals surface area contributed by atoms with Crippen molar-refractivity contribution in [3.05, 3.63) is 0 Å². The number of hydrogen-bond acceptors (Lipinski definition) is 8. The van der Waals surface area contributed by atoms with Crippen molar-refractivity contribution in [1.29, 1.82) is 0 Å². The maximum absolute atomic E-state index is 13.0. The molecule has 0 radical (unpaired) electrons. The normalized spacial score (nSPS) is 21.4. The first-order chi connectivity index (χ1) is 26.3. The molecule has 9 heteroatoms. The minimum absolute atomic E-state index is 0.132.